The summed E-state index contributed by atoms with van der Waals surface area (Å²) in [5.74, 6) is -1.42. The summed E-state index contributed by atoms with van der Waals surface area (Å²) < 4.78 is 0. The lowest BCUT2D eigenvalue weighted by atomic mass is 10.1. The molecular formula is C11H11N3O5. The number of nitrogens with one attached hydrogen (secondary N) is 1. The number of benzene rings is 1. The number of carbonyl (C=O) groups is 2. The Morgan fingerprint density at radius 3 is 2.79 bits per heavy atom. The largest absolute Gasteiger partial charge is 0.478 e. The van der Waals surface area contributed by atoms with E-state index in [1.165, 1.54) is 17.0 Å². The Morgan fingerprint density at radius 1 is 1.47 bits per heavy atom. The molecule has 100 valence electrons. The van der Waals surface area contributed by atoms with Crippen molar-refractivity contribution in [1.29, 1.82) is 0 Å². The zero-order valence-corrected chi connectivity index (χ0v) is 9.83. The van der Waals surface area contributed by atoms with E-state index >= 15 is 0 Å². The summed E-state index contributed by atoms with van der Waals surface area (Å²) in [6.07, 6.45) is 0. The number of amides is 1. The Kier molecular flexibility index (Phi) is 3.32. The lowest BCUT2D eigenvalue weighted by Crippen LogP contribution is -2.47. The van der Waals surface area contributed by atoms with Gasteiger partial charge >= 0.3 is 5.97 Å². The number of carboxylic acids is 1. The number of nitro benzene ring substituents is 1. The number of nitro groups is 1. The summed E-state index contributed by atoms with van der Waals surface area (Å²) in [6, 6.07) is 3.54. The van der Waals surface area contributed by atoms with Gasteiger partial charge in [0.1, 0.15) is 5.69 Å². The fraction of sp³-hybridized carbons (Fsp3) is 0.273. The van der Waals surface area contributed by atoms with Crippen LogP contribution in [0.5, 0.6) is 0 Å². The Hall–Kier alpha value is -2.64. The van der Waals surface area contributed by atoms with E-state index in [0.717, 1.165) is 6.07 Å². The molecule has 8 heteroatoms. The van der Waals surface area contributed by atoms with Crippen LogP contribution in [0.3, 0.4) is 0 Å². The van der Waals surface area contributed by atoms with Crippen LogP contribution in [0, 0.1) is 10.1 Å². The highest BCUT2D eigenvalue weighted by Gasteiger charge is 2.25. The smallest absolute Gasteiger partial charge is 0.335 e. The number of hydrogen-bond acceptors (Lipinski definition) is 5. The van der Waals surface area contributed by atoms with Gasteiger partial charge in [-0.15, -0.1) is 0 Å². The molecule has 0 unspecified atom stereocenters. The Morgan fingerprint density at radius 2 is 2.21 bits per heavy atom. The van der Waals surface area contributed by atoms with Crippen molar-refractivity contribution in [2.45, 2.75) is 0 Å². The molecule has 1 saturated heterocycles. The van der Waals surface area contributed by atoms with E-state index in [1.807, 2.05) is 0 Å². The molecule has 0 bridgehead atoms. The van der Waals surface area contributed by atoms with Crippen molar-refractivity contribution in [1.82, 2.24) is 5.32 Å². The van der Waals surface area contributed by atoms with Crippen molar-refractivity contribution in [3.63, 3.8) is 0 Å². The molecule has 8 nitrogen and oxygen atoms in total. The quantitative estimate of drug-likeness (QED) is 0.597. The second-order valence-electron chi connectivity index (χ2n) is 4.04. The normalized spacial score (nSPS) is 14.9. The standard InChI is InChI=1S/C11H11N3O5/c15-10-6-13(4-3-12-10)9-5-7(11(16)17)1-2-8(9)14(18)19/h1-2,5H,3-4,6H2,(H,12,15)(H,16,17). The topological polar surface area (TPSA) is 113 Å². The van der Waals surface area contributed by atoms with Crippen molar-refractivity contribution >= 4 is 23.3 Å². The Balaban J connectivity index is 2.45. The van der Waals surface area contributed by atoms with E-state index < -0.39 is 10.9 Å². The number of rotatable bonds is 3. The van der Waals surface area contributed by atoms with Crippen LogP contribution < -0.4 is 10.2 Å². The van der Waals surface area contributed by atoms with Gasteiger partial charge in [0, 0.05) is 19.2 Å². The third kappa shape index (κ3) is 2.62. The molecule has 0 spiro atoms. The van der Waals surface area contributed by atoms with Crippen LogP contribution in [0.15, 0.2) is 18.2 Å². The van der Waals surface area contributed by atoms with Gasteiger partial charge in [-0.1, -0.05) is 0 Å². The fourth-order valence-electron chi connectivity index (χ4n) is 1.91. The minimum Gasteiger partial charge on any atom is -0.478 e. The summed E-state index contributed by atoms with van der Waals surface area (Å²) >= 11 is 0. The van der Waals surface area contributed by atoms with E-state index in [1.54, 1.807) is 0 Å². The van der Waals surface area contributed by atoms with Crippen molar-refractivity contribution in [2.75, 3.05) is 24.5 Å². The van der Waals surface area contributed by atoms with Gasteiger partial charge in [-0.25, -0.2) is 4.79 Å². The van der Waals surface area contributed by atoms with Crippen LogP contribution >= 0.6 is 0 Å². The van der Waals surface area contributed by atoms with Gasteiger partial charge in [0.2, 0.25) is 5.91 Å². The molecule has 1 aliphatic heterocycles. The Bertz CT molecular complexity index is 557. The van der Waals surface area contributed by atoms with Crippen LogP contribution in [-0.4, -0.2) is 41.5 Å². The monoisotopic (exact) mass is 265 g/mol. The van der Waals surface area contributed by atoms with Crippen molar-refractivity contribution < 1.29 is 19.6 Å². The summed E-state index contributed by atoms with van der Waals surface area (Å²) in [6.45, 7) is 0.743. The number of carbonyl (C=O) groups excluding carboxylic acids is 1. The maximum absolute atomic E-state index is 11.3. The molecule has 1 amide bonds. The third-order valence-electron chi connectivity index (χ3n) is 2.80. The van der Waals surface area contributed by atoms with E-state index in [0.29, 0.717) is 13.1 Å². The van der Waals surface area contributed by atoms with E-state index in [4.69, 9.17) is 5.11 Å². The SMILES string of the molecule is O=C1CN(c2cc(C(=O)O)ccc2[N+](=O)[O-])CCN1. The number of aromatic carboxylic acids is 1. The number of nitrogens with zero attached hydrogens (tertiary/aromatic N) is 2. The second kappa shape index (κ2) is 4.92. The fourth-order valence-corrected chi connectivity index (χ4v) is 1.91. The number of hydrogen-bond donors (Lipinski definition) is 2. The van der Waals surface area contributed by atoms with Gasteiger partial charge in [-0.3, -0.25) is 14.9 Å². The molecule has 2 N–H and O–H groups in total. The van der Waals surface area contributed by atoms with Crippen LogP contribution in [0.25, 0.3) is 0 Å². The minimum absolute atomic E-state index is 0.0239. The second-order valence-corrected chi connectivity index (χ2v) is 4.04. The predicted molar refractivity (Wildman–Crippen MR) is 65.3 cm³/mol. The van der Waals surface area contributed by atoms with Gasteiger partial charge in [0.25, 0.3) is 5.69 Å². The molecule has 0 radical (unpaired) electrons. The molecule has 1 aromatic rings. The summed E-state index contributed by atoms with van der Waals surface area (Å²) in [4.78, 5) is 34.1. The molecule has 0 aromatic heterocycles. The lowest BCUT2D eigenvalue weighted by molar-refractivity contribution is -0.384. The third-order valence-corrected chi connectivity index (χ3v) is 2.80. The van der Waals surface area contributed by atoms with Crippen LogP contribution in [0.2, 0.25) is 0 Å². The maximum Gasteiger partial charge on any atom is 0.335 e. The molecule has 0 atom stereocenters. The number of carboxylic acid groups (broad SMARTS) is 1. The van der Waals surface area contributed by atoms with Crippen LogP contribution in [0.4, 0.5) is 11.4 Å². The highest BCUT2D eigenvalue weighted by molar-refractivity contribution is 5.91. The molecule has 1 fully saturated rings. The van der Waals surface area contributed by atoms with Crippen molar-refractivity contribution in [3.05, 3.63) is 33.9 Å². The van der Waals surface area contributed by atoms with Crippen LogP contribution in [-0.2, 0) is 4.79 Å². The molecule has 2 rings (SSSR count). The van der Waals surface area contributed by atoms with Gasteiger partial charge in [0.05, 0.1) is 17.0 Å². The summed E-state index contributed by atoms with van der Waals surface area (Å²) in [7, 11) is 0. The van der Waals surface area contributed by atoms with E-state index in [2.05, 4.69) is 5.32 Å². The number of anilines is 1. The average molecular weight is 265 g/mol. The lowest BCUT2D eigenvalue weighted by Gasteiger charge is -2.28. The van der Waals surface area contributed by atoms with Crippen LogP contribution in [0.1, 0.15) is 10.4 Å². The molecular weight excluding hydrogens is 254 g/mol. The first-order valence-corrected chi connectivity index (χ1v) is 5.52. The molecule has 19 heavy (non-hydrogen) atoms. The van der Waals surface area contributed by atoms with Crippen molar-refractivity contribution in [3.8, 4) is 0 Å². The predicted octanol–water partition coefficient (Wildman–Crippen LogP) is 0.229. The zero-order chi connectivity index (χ0) is 14.0. The average Bonchev–Trinajstić information content (AvgIpc) is 2.37. The Labute approximate surface area is 107 Å². The zero-order valence-electron chi connectivity index (χ0n) is 9.83. The molecule has 0 saturated carbocycles. The highest BCUT2D eigenvalue weighted by Crippen LogP contribution is 2.29. The molecule has 1 aliphatic rings. The first kappa shape index (κ1) is 12.8. The minimum atomic E-state index is -1.17. The summed E-state index contributed by atoms with van der Waals surface area (Å²) in [5.41, 5.74) is -0.106. The molecule has 1 heterocycles. The van der Waals surface area contributed by atoms with E-state index in [9.17, 15) is 19.7 Å². The molecule has 1 aromatic carbocycles. The van der Waals surface area contributed by atoms with Gasteiger partial charge < -0.3 is 15.3 Å². The van der Waals surface area contributed by atoms with Gasteiger partial charge in [0.15, 0.2) is 0 Å². The highest BCUT2D eigenvalue weighted by atomic mass is 16.6. The first-order valence-electron chi connectivity index (χ1n) is 5.52. The number of piperazine rings is 1. The van der Waals surface area contributed by atoms with E-state index in [-0.39, 0.29) is 29.4 Å². The van der Waals surface area contributed by atoms with Crippen molar-refractivity contribution in [2.24, 2.45) is 0 Å². The molecule has 0 aliphatic carbocycles. The maximum atomic E-state index is 11.3. The van der Waals surface area contributed by atoms with Gasteiger partial charge in [-0.05, 0) is 12.1 Å². The van der Waals surface area contributed by atoms with Gasteiger partial charge in [-0.2, -0.15) is 0 Å². The first-order chi connectivity index (χ1) is 8.99. The summed E-state index contributed by atoms with van der Waals surface area (Å²) in [5, 5.41) is 22.5.